The summed E-state index contributed by atoms with van der Waals surface area (Å²) >= 11 is 0. The third kappa shape index (κ3) is 3.87. The van der Waals surface area contributed by atoms with Gasteiger partial charge in [-0.25, -0.2) is 0 Å². The Labute approximate surface area is 132 Å². The number of nitrogens with zero attached hydrogens (tertiary/aromatic N) is 4. The van der Waals surface area contributed by atoms with Crippen molar-refractivity contribution in [2.75, 3.05) is 45.9 Å². The number of morpholine rings is 1. The highest BCUT2D eigenvalue weighted by atomic mass is 16.5. The second-order valence-electron chi connectivity index (χ2n) is 6.33. The van der Waals surface area contributed by atoms with E-state index in [2.05, 4.69) is 23.1 Å². The Morgan fingerprint density at radius 1 is 1.23 bits per heavy atom. The lowest BCUT2D eigenvalue weighted by Crippen LogP contribution is -2.47. The number of aromatic nitrogens is 2. The van der Waals surface area contributed by atoms with Crippen LogP contribution in [0.15, 0.2) is 12.4 Å². The summed E-state index contributed by atoms with van der Waals surface area (Å²) in [7, 11) is 0. The first-order valence-corrected chi connectivity index (χ1v) is 8.30. The minimum Gasteiger partial charge on any atom is -0.378 e. The van der Waals surface area contributed by atoms with Crippen LogP contribution in [0.2, 0.25) is 0 Å². The molecule has 0 saturated carbocycles. The molecule has 0 aromatic carbocycles. The molecule has 0 atom stereocenters. The van der Waals surface area contributed by atoms with Gasteiger partial charge in [-0.15, -0.1) is 0 Å². The molecule has 2 aliphatic heterocycles. The zero-order chi connectivity index (χ0) is 15.4. The highest BCUT2D eigenvalue weighted by molar-refractivity contribution is 5.79. The average molecular weight is 306 g/mol. The molecule has 0 unspecified atom stereocenters. The molecule has 0 N–H and O–H groups in total. The van der Waals surface area contributed by atoms with Gasteiger partial charge in [-0.1, -0.05) is 0 Å². The van der Waals surface area contributed by atoms with Crippen molar-refractivity contribution >= 4 is 5.91 Å². The molecule has 0 radical (unpaired) electrons. The number of ether oxygens (including phenoxy) is 1. The molecule has 0 aliphatic carbocycles. The number of hydrogen-bond acceptors (Lipinski definition) is 4. The SMILES string of the molecule is Cc1cnn(CCN2CCC(C(=O)N3CCOCC3)CC2)c1. The highest BCUT2D eigenvalue weighted by Gasteiger charge is 2.29. The van der Waals surface area contributed by atoms with Crippen molar-refractivity contribution in [1.29, 1.82) is 0 Å². The molecule has 0 spiro atoms. The molecule has 2 aliphatic rings. The van der Waals surface area contributed by atoms with Gasteiger partial charge in [-0.05, 0) is 38.4 Å². The lowest BCUT2D eigenvalue weighted by Gasteiger charge is -2.35. The largest absolute Gasteiger partial charge is 0.378 e. The van der Waals surface area contributed by atoms with Gasteiger partial charge in [0.25, 0.3) is 0 Å². The first-order chi connectivity index (χ1) is 10.7. The number of hydrogen-bond donors (Lipinski definition) is 0. The van der Waals surface area contributed by atoms with Crippen LogP contribution in [0.5, 0.6) is 0 Å². The standard InChI is InChI=1S/C16H26N4O2/c1-14-12-17-20(13-14)7-6-18-4-2-15(3-5-18)16(21)19-8-10-22-11-9-19/h12-13,15H,2-11H2,1H3. The van der Waals surface area contributed by atoms with E-state index < -0.39 is 0 Å². The predicted molar refractivity (Wildman–Crippen MR) is 83.5 cm³/mol. The molecular formula is C16H26N4O2. The van der Waals surface area contributed by atoms with Gasteiger partial charge < -0.3 is 14.5 Å². The smallest absolute Gasteiger partial charge is 0.225 e. The third-order valence-electron chi connectivity index (χ3n) is 4.67. The van der Waals surface area contributed by atoms with E-state index in [1.165, 1.54) is 5.56 Å². The number of aryl methyl sites for hydroxylation is 1. The molecular weight excluding hydrogens is 280 g/mol. The highest BCUT2D eigenvalue weighted by Crippen LogP contribution is 2.20. The van der Waals surface area contributed by atoms with E-state index in [1.807, 2.05) is 15.8 Å². The van der Waals surface area contributed by atoms with Crippen molar-refractivity contribution in [3.8, 4) is 0 Å². The van der Waals surface area contributed by atoms with E-state index in [1.54, 1.807) is 0 Å². The maximum atomic E-state index is 12.5. The van der Waals surface area contributed by atoms with Gasteiger partial charge in [0.15, 0.2) is 0 Å². The van der Waals surface area contributed by atoms with Crippen LogP contribution in [0.3, 0.4) is 0 Å². The van der Waals surface area contributed by atoms with E-state index in [-0.39, 0.29) is 5.92 Å². The molecule has 2 saturated heterocycles. The number of carbonyl (C=O) groups is 1. The fourth-order valence-electron chi connectivity index (χ4n) is 3.28. The Morgan fingerprint density at radius 3 is 2.59 bits per heavy atom. The van der Waals surface area contributed by atoms with Crippen molar-refractivity contribution in [3.05, 3.63) is 18.0 Å². The van der Waals surface area contributed by atoms with E-state index in [0.29, 0.717) is 19.1 Å². The first kappa shape index (κ1) is 15.5. The van der Waals surface area contributed by atoms with E-state index in [0.717, 1.165) is 52.1 Å². The average Bonchev–Trinajstić information content (AvgIpc) is 2.99. The van der Waals surface area contributed by atoms with Crippen LogP contribution in [0.25, 0.3) is 0 Å². The summed E-state index contributed by atoms with van der Waals surface area (Å²) < 4.78 is 7.32. The minimum atomic E-state index is 0.210. The van der Waals surface area contributed by atoms with Crippen LogP contribution in [0.1, 0.15) is 18.4 Å². The second-order valence-corrected chi connectivity index (χ2v) is 6.33. The molecule has 6 nitrogen and oxygen atoms in total. The fourth-order valence-corrected chi connectivity index (χ4v) is 3.28. The van der Waals surface area contributed by atoms with Crippen molar-refractivity contribution < 1.29 is 9.53 Å². The number of amides is 1. The molecule has 1 aromatic rings. The summed E-state index contributed by atoms with van der Waals surface area (Å²) in [5.41, 5.74) is 1.20. The van der Waals surface area contributed by atoms with Gasteiger partial charge in [-0.3, -0.25) is 9.48 Å². The second kappa shape index (κ2) is 7.24. The summed E-state index contributed by atoms with van der Waals surface area (Å²) in [6.07, 6.45) is 5.94. The molecule has 3 rings (SSSR count). The number of likely N-dealkylation sites (tertiary alicyclic amines) is 1. The third-order valence-corrected chi connectivity index (χ3v) is 4.67. The quantitative estimate of drug-likeness (QED) is 0.824. The maximum Gasteiger partial charge on any atom is 0.225 e. The molecule has 2 fully saturated rings. The van der Waals surface area contributed by atoms with Crippen LogP contribution >= 0.6 is 0 Å². The van der Waals surface area contributed by atoms with Gasteiger partial charge in [0.2, 0.25) is 5.91 Å². The lowest BCUT2D eigenvalue weighted by atomic mass is 9.95. The Balaban J connectivity index is 1.41. The van der Waals surface area contributed by atoms with Crippen LogP contribution < -0.4 is 0 Å². The van der Waals surface area contributed by atoms with Gasteiger partial charge in [0.1, 0.15) is 0 Å². The van der Waals surface area contributed by atoms with E-state index in [4.69, 9.17) is 4.74 Å². The Morgan fingerprint density at radius 2 is 1.95 bits per heavy atom. The zero-order valence-corrected chi connectivity index (χ0v) is 13.4. The minimum absolute atomic E-state index is 0.210. The maximum absolute atomic E-state index is 12.5. The molecule has 1 amide bonds. The summed E-state index contributed by atoms with van der Waals surface area (Å²) in [5.74, 6) is 0.548. The summed E-state index contributed by atoms with van der Waals surface area (Å²) in [5, 5.41) is 4.32. The zero-order valence-electron chi connectivity index (χ0n) is 13.4. The summed E-state index contributed by atoms with van der Waals surface area (Å²) in [4.78, 5) is 16.9. The molecule has 1 aromatic heterocycles. The van der Waals surface area contributed by atoms with Gasteiger partial charge in [0.05, 0.1) is 26.0 Å². The molecule has 0 bridgehead atoms. The summed E-state index contributed by atoms with van der Waals surface area (Å²) in [6.45, 7) is 8.93. The molecule has 22 heavy (non-hydrogen) atoms. The van der Waals surface area contributed by atoms with Gasteiger partial charge in [0, 0.05) is 31.7 Å². The van der Waals surface area contributed by atoms with Crippen LogP contribution in [0.4, 0.5) is 0 Å². The van der Waals surface area contributed by atoms with Crippen molar-refractivity contribution in [1.82, 2.24) is 19.6 Å². The summed E-state index contributed by atoms with van der Waals surface area (Å²) in [6, 6.07) is 0. The fraction of sp³-hybridized carbons (Fsp3) is 0.750. The Bertz CT molecular complexity index is 488. The van der Waals surface area contributed by atoms with Crippen LogP contribution in [-0.2, 0) is 16.1 Å². The Hall–Kier alpha value is -1.40. The van der Waals surface area contributed by atoms with Gasteiger partial charge in [-0.2, -0.15) is 5.10 Å². The topological polar surface area (TPSA) is 50.6 Å². The van der Waals surface area contributed by atoms with E-state index in [9.17, 15) is 4.79 Å². The van der Waals surface area contributed by atoms with Crippen LogP contribution in [-0.4, -0.2) is 71.4 Å². The van der Waals surface area contributed by atoms with Crippen LogP contribution in [0, 0.1) is 12.8 Å². The molecule has 6 heteroatoms. The Kier molecular flexibility index (Phi) is 5.10. The normalized spacial score (nSPS) is 21.2. The van der Waals surface area contributed by atoms with Crippen molar-refractivity contribution in [2.45, 2.75) is 26.3 Å². The number of piperidine rings is 1. The molecule has 122 valence electrons. The van der Waals surface area contributed by atoms with E-state index >= 15 is 0 Å². The predicted octanol–water partition coefficient (Wildman–Crippen LogP) is 0.762. The number of rotatable bonds is 4. The molecule has 3 heterocycles. The van der Waals surface area contributed by atoms with Gasteiger partial charge >= 0.3 is 0 Å². The van der Waals surface area contributed by atoms with Crippen molar-refractivity contribution in [3.63, 3.8) is 0 Å². The lowest BCUT2D eigenvalue weighted by molar-refractivity contribution is -0.141. The first-order valence-electron chi connectivity index (χ1n) is 8.30. The monoisotopic (exact) mass is 306 g/mol. The van der Waals surface area contributed by atoms with Crippen molar-refractivity contribution in [2.24, 2.45) is 5.92 Å². The number of carbonyl (C=O) groups excluding carboxylic acids is 1.